The average Bonchev–Trinajstić information content (AvgIpc) is 2.46. The zero-order valence-electron chi connectivity index (χ0n) is 11.5. The van der Waals surface area contributed by atoms with Gasteiger partial charge in [-0.1, -0.05) is 30.7 Å². The van der Waals surface area contributed by atoms with E-state index >= 15 is 0 Å². The molecule has 0 saturated carbocycles. The molecule has 1 heterocycles. The molecule has 2 unspecified atom stereocenters. The lowest BCUT2D eigenvalue weighted by Gasteiger charge is -2.25. The predicted molar refractivity (Wildman–Crippen MR) is 78.4 cm³/mol. The van der Waals surface area contributed by atoms with Crippen LogP contribution in [0.5, 0.6) is 0 Å². The van der Waals surface area contributed by atoms with Crippen LogP contribution in [0.3, 0.4) is 0 Å². The number of piperidine rings is 1. The zero-order chi connectivity index (χ0) is 14.5. The molecule has 5 heteroatoms. The Morgan fingerprint density at radius 2 is 2.15 bits per heavy atom. The Balaban J connectivity index is 1.97. The van der Waals surface area contributed by atoms with Gasteiger partial charge in [0.25, 0.3) is 0 Å². The fourth-order valence-corrected chi connectivity index (χ4v) is 2.49. The minimum Gasteiger partial charge on any atom is -0.355 e. The predicted octanol–water partition coefficient (Wildman–Crippen LogP) is 2.43. The number of amides is 2. The summed E-state index contributed by atoms with van der Waals surface area (Å²) in [7, 11) is 0. The molecule has 0 bridgehead atoms. The highest BCUT2D eigenvalue weighted by Gasteiger charge is 2.26. The van der Waals surface area contributed by atoms with Gasteiger partial charge in [0.2, 0.25) is 11.8 Å². The van der Waals surface area contributed by atoms with Crippen LogP contribution in [0.4, 0.5) is 0 Å². The van der Waals surface area contributed by atoms with Gasteiger partial charge in [-0.2, -0.15) is 0 Å². The average molecular weight is 295 g/mol. The molecule has 1 aliphatic rings. The van der Waals surface area contributed by atoms with Gasteiger partial charge in [0.1, 0.15) is 0 Å². The second-order valence-electron chi connectivity index (χ2n) is 5.06. The summed E-state index contributed by atoms with van der Waals surface area (Å²) in [6.07, 6.45) is 1.86. The number of nitrogens with one attached hydrogen (secondary N) is 2. The van der Waals surface area contributed by atoms with Gasteiger partial charge in [-0.3, -0.25) is 9.59 Å². The Bertz CT molecular complexity index is 477. The molecule has 0 radical (unpaired) electrons. The highest BCUT2D eigenvalue weighted by atomic mass is 35.5. The second kappa shape index (κ2) is 6.75. The van der Waals surface area contributed by atoms with E-state index in [4.69, 9.17) is 11.6 Å². The van der Waals surface area contributed by atoms with Crippen molar-refractivity contribution in [2.24, 2.45) is 5.92 Å². The van der Waals surface area contributed by atoms with Crippen LogP contribution >= 0.6 is 11.6 Å². The maximum atomic E-state index is 12.2. The minimum atomic E-state index is -0.131. The number of carbonyl (C=O) groups excluding carboxylic acids is 2. The van der Waals surface area contributed by atoms with Crippen molar-refractivity contribution in [2.45, 2.75) is 32.2 Å². The maximum Gasteiger partial charge on any atom is 0.225 e. The van der Waals surface area contributed by atoms with Crippen LogP contribution in [0.25, 0.3) is 0 Å². The summed E-state index contributed by atoms with van der Waals surface area (Å²) in [4.78, 5) is 23.3. The molecule has 2 N–H and O–H groups in total. The van der Waals surface area contributed by atoms with Gasteiger partial charge in [0.05, 0.1) is 12.0 Å². The molecule has 1 aliphatic heterocycles. The molecule has 1 aromatic rings. The molecule has 0 aromatic heterocycles. The number of rotatable bonds is 4. The molecule has 2 amide bonds. The van der Waals surface area contributed by atoms with Gasteiger partial charge < -0.3 is 10.6 Å². The van der Waals surface area contributed by atoms with Gasteiger partial charge in [0.15, 0.2) is 0 Å². The monoisotopic (exact) mass is 294 g/mol. The topological polar surface area (TPSA) is 58.2 Å². The first-order chi connectivity index (χ1) is 9.60. The standard InChI is InChI=1S/C15H19ClN2O2/c1-2-13(10-3-6-12(16)7-4-10)18-15(20)11-5-8-14(19)17-9-11/h3-4,6-7,11,13H,2,5,8-9H2,1H3,(H,17,19)(H,18,20). The van der Waals surface area contributed by atoms with Crippen molar-refractivity contribution in [3.05, 3.63) is 34.9 Å². The van der Waals surface area contributed by atoms with E-state index in [1.165, 1.54) is 0 Å². The summed E-state index contributed by atoms with van der Waals surface area (Å²) >= 11 is 5.87. The van der Waals surface area contributed by atoms with Gasteiger partial charge >= 0.3 is 0 Å². The Hall–Kier alpha value is -1.55. The van der Waals surface area contributed by atoms with E-state index < -0.39 is 0 Å². The Labute approximate surface area is 123 Å². The van der Waals surface area contributed by atoms with E-state index in [1.807, 2.05) is 31.2 Å². The zero-order valence-corrected chi connectivity index (χ0v) is 12.2. The van der Waals surface area contributed by atoms with E-state index in [1.54, 1.807) is 0 Å². The summed E-state index contributed by atoms with van der Waals surface area (Å²) in [5, 5.41) is 6.47. The molecule has 108 valence electrons. The third-order valence-electron chi connectivity index (χ3n) is 3.63. The normalized spacial score (nSPS) is 20.1. The lowest BCUT2D eigenvalue weighted by atomic mass is 9.97. The molecule has 2 rings (SSSR count). The molecular formula is C15H19ClN2O2. The molecule has 20 heavy (non-hydrogen) atoms. The smallest absolute Gasteiger partial charge is 0.225 e. The second-order valence-corrected chi connectivity index (χ2v) is 5.50. The summed E-state index contributed by atoms with van der Waals surface area (Å²) in [6.45, 7) is 2.46. The Morgan fingerprint density at radius 3 is 2.70 bits per heavy atom. The third kappa shape index (κ3) is 3.73. The van der Waals surface area contributed by atoms with Gasteiger partial charge in [-0.25, -0.2) is 0 Å². The lowest BCUT2D eigenvalue weighted by Crippen LogP contribution is -2.43. The quantitative estimate of drug-likeness (QED) is 0.896. The van der Waals surface area contributed by atoms with Crippen LogP contribution in [-0.4, -0.2) is 18.4 Å². The molecule has 2 atom stereocenters. The van der Waals surface area contributed by atoms with E-state index in [0.29, 0.717) is 24.4 Å². The SMILES string of the molecule is CCC(NC(=O)C1CCC(=O)NC1)c1ccc(Cl)cc1. The van der Waals surface area contributed by atoms with Crippen LogP contribution in [0.2, 0.25) is 5.02 Å². The maximum absolute atomic E-state index is 12.2. The van der Waals surface area contributed by atoms with E-state index in [9.17, 15) is 9.59 Å². The number of carbonyl (C=O) groups is 2. The highest BCUT2D eigenvalue weighted by molar-refractivity contribution is 6.30. The van der Waals surface area contributed by atoms with Crippen molar-refractivity contribution in [3.8, 4) is 0 Å². The van der Waals surface area contributed by atoms with Crippen molar-refractivity contribution < 1.29 is 9.59 Å². The first-order valence-electron chi connectivity index (χ1n) is 6.92. The number of hydrogen-bond acceptors (Lipinski definition) is 2. The van der Waals surface area contributed by atoms with Crippen LogP contribution in [-0.2, 0) is 9.59 Å². The fraction of sp³-hybridized carbons (Fsp3) is 0.467. The number of hydrogen-bond donors (Lipinski definition) is 2. The highest BCUT2D eigenvalue weighted by Crippen LogP contribution is 2.20. The first-order valence-corrected chi connectivity index (χ1v) is 7.30. The van der Waals surface area contributed by atoms with E-state index in [-0.39, 0.29) is 23.8 Å². The van der Waals surface area contributed by atoms with Crippen LogP contribution in [0.1, 0.15) is 37.8 Å². The summed E-state index contributed by atoms with van der Waals surface area (Å²) < 4.78 is 0. The van der Waals surface area contributed by atoms with Gasteiger partial charge in [0, 0.05) is 18.0 Å². The van der Waals surface area contributed by atoms with Crippen molar-refractivity contribution in [1.29, 1.82) is 0 Å². The van der Waals surface area contributed by atoms with Crippen molar-refractivity contribution in [2.75, 3.05) is 6.54 Å². The molecule has 1 saturated heterocycles. The third-order valence-corrected chi connectivity index (χ3v) is 3.89. The van der Waals surface area contributed by atoms with Crippen LogP contribution < -0.4 is 10.6 Å². The van der Waals surface area contributed by atoms with E-state index in [0.717, 1.165) is 12.0 Å². The van der Waals surface area contributed by atoms with Gasteiger partial charge in [-0.05, 0) is 30.5 Å². The Morgan fingerprint density at radius 1 is 1.45 bits per heavy atom. The van der Waals surface area contributed by atoms with Crippen LogP contribution in [0.15, 0.2) is 24.3 Å². The number of benzene rings is 1. The molecule has 4 nitrogen and oxygen atoms in total. The van der Waals surface area contributed by atoms with Crippen molar-refractivity contribution in [1.82, 2.24) is 10.6 Å². The van der Waals surface area contributed by atoms with Crippen LogP contribution in [0, 0.1) is 5.92 Å². The molecule has 0 spiro atoms. The molecule has 1 fully saturated rings. The molecule has 1 aromatic carbocycles. The molecular weight excluding hydrogens is 276 g/mol. The van der Waals surface area contributed by atoms with Crippen molar-refractivity contribution >= 4 is 23.4 Å². The minimum absolute atomic E-state index is 0.00630. The summed E-state index contributed by atoms with van der Waals surface area (Å²) in [6, 6.07) is 7.50. The largest absolute Gasteiger partial charge is 0.355 e. The van der Waals surface area contributed by atoms with Crippen molar-refractivity contribution in [3.63, 3.8) is 0 Å². The number of halogens is 1. The lowest BCUT2D eigenvalue weighted by molar-refractivity contribution is -0.129. The van der Waals surface area contributed by atoms with E-state index in [2.05, 4.69) is 10.6 Å². The summed E-state index contributed by atoms with van der Waals surface area (Å²) in [5.41, 5.74) is 1.05. The molecule has 0 aliphatic carbocycles. The first kappa shape index (κ1) is 14.9. The summed E-state index contributed by atoms with van der Waals surface area (Å²) in [5.74, 6) is -0.0976. The van der Waals surface area contributed by atoms with Gasteiger partial charge in [-0.15, -0.1) is 0 Å². The Kier molecular flexibility index (Phi) is 5.01. The fourth-order valence-electron chi connectivity index (χ4n) is 2.36.